The van der Waals surface area contributed by atoms with Crippen LogP contribution in [0, 0.1) is 0 Å². The zero-order valence-corrected chi connectivity index (χ0v) is 7.47. The zero-order valence-electron chi connectivity index (χ0n) is 7.47. The van der Waals surface area contributed by atoms with Gasteiger partial charge in [0, 0.05) is 19.2 Å². The van der Waals surface area contributed by atoms with E-state index < -0.39 is 6.09 Å². The molecule has 4 heteroatoms. The van der Waals surface area contributed by atoms with Crippen LogP contribution in [0.15, 0.2) is 30.6 Å². The summed E-state index contributed by atoms with van der Waals surface area (Å²) in [6.07, 6.45) is 2.88. The van der Waals surface area contributed by atoms with Gasteiger partial charge >= 0.3 is 6.09 Å². The molecule has 0 spiro atoms. The van der Waals surface area contributed by atoms with E-state index in [4.69, 9.17) is 9.47 Å². The molecular weight excluding hydrogens is 170 g/mol. The van der Waals surface area contributed by atoms with Crippen LogP contribution < -0.4 is 4.57 Å². The summed E-state index contributed by atoms with van der Waals surface area (Å²) in [6, 6.07) is 5.36. The number of aromatic nitrogens is 1. The minimum atomic E-state index is -0.391. The number of rotatable bonds is 3. The van der Waals surface area contributed by atoms with Crippen LogP contribution >= 0.6 is 0 Å². The van der Waals surface area contributed by atoms with Gasteiger partial charge in [-0.25, -0.2) is 0 Å². The molecule has 0 fully saturated rings. The Labute approximate surface area is 76.7 Å². The zero-order chi connectivity index (χ0) is 9.52. The van der Waals surface area contributed by atoms with Gasteiger partial charge in [-0.05, 0) is 0 Å². The molecule has 1 rings (SSSR count). The van der Waals surface area contributed by atoms with E-state index in [1.54, 1.807) is 31.6 Å². The first-order valence-electron chi connectivity index (χ1n) is 3.97. The first kappa shape index (κ1) is 9.67. The van der Waals surface area contributed by atoms with Gasteiger partial charge in [-0.3, -0.25) is 0 Å². The second kappa shape index (κ2) is 5.27. The number of carbonyl (C=O) groups is 1. The van der Waals surface area contributed by atoms with Gasteiger partial charge in [0.2, 0.25) is 0 Å². The monoisotopic (exact) mass is 182 g/mol. The molecule has 0 amide bonds. The average molecular weight is 182 g/mol. The van der Waals surface area contributed by atoms with Crippen LogP contribution in [0.2, 0.25) is 0 Å². The maximum absolute atomic E-state index is 11.2. The Morgan fingerprint density at radius 2 is 1.92 bits per heavy atom. The number of pyridine rings is 1. The standard InChI is InChI=1S/C9H12NO3/c1-12-7-8-13-9(11)10-5-3-2-4-6-10/h2-6H,7-8H2,1H3/q+1. The van der Waals surface area contributed by atoms with Crippen molar-refractivity contribution >= 4 is 6.09 Å². The molecule has 0 aromatic carbocycles. The third-order valence-corrected chi connectivity index (χ3v) is 1.44. The van der Waals surface area contributed by atoms with Gasteiger partial charge in [0.15, 0.2) is 12.4 Å². The fraction of sp³-hybridized carbons (Fsp3) is 0.333. The predicted octanol–water partition coefficient (Wildman–Crippen LogP) is 0.605. The van der Waals surface area contributed by atoms with Crippen LogP contribution in [0.1, 0.15) is 0 Å². The summed E-state index contributed by atoms with van der Waals surface area (Å²) in [5.41, 5.74) is 0. The molecule has 1 aromatic heterocycles. The lowest BCUT2D eigenvalue weighted by atomic mass is 10.5. The predicted molar refractivity (Wildman–Crippen MR) is 45.3 cm³/mol. The van der Waals surface area contributed by atoms with E-state index in [1.807, 2.05) is 6.07 Å². The Morgan fingerprint density at radius 1 is 1.23 bits per heavy atom. The van der Waals surface area contributed by atoms with Gasteiger partial charge in [0.1, 0.15) is 6.61 Å². The van der Waals surface area contributed by atoms with E-state index in [2.05, 4.69) is 0 Å². The number of ether oxygens (including phenoxy) is 2. The lowest BCUT2D eigenvalue weighted by Gasteiger charge is -1.97. The van der Waals surface area contributed by atoms with Crippen molar-refractivity contribution in [3.8, 4) is 0 Å². The molecule has 0 aliphatic heterocycles. The summed E-state index contributed by atoms with van der Waals surface area (Å²) in [7, 11) is 1.56. The molecule has 70 valence electrons. The van der Waals surface area contributed by atoms with E-state index in [0.717, 1.165) is 0 Å². The van der Waals surface area contributed by atoms with Crippen molar-refractivity contribution in [3.63, 3.8) is 0 Å². The highest BCUT2D eigenvalue weighted by atomic mass is 16.6. The van der Waals surface area contributed by atoms with Crippen LogP contribution in [0.4, 0.5) is 4.79 Å². The molecular formula is C9H12NO3+. The van der Waals surface area contributed by atoms with E-state index in [0.29, 0.717) is 6.61 Å². The van der Waals surface area contributed by atoms with Crippen LogP contribution in [-0.4, -0.2) is 26.4 Å². The summed E-state index contributed by atoms with van der Waals surface area (Å²) in [4.78, 5) is 11.2. The number of hydrogen-bond donors (Lipinski definition) is 0. The summed E-state index contributed by atoms with van der Waals surface area (Å²) >= 11 is 0. The van der Waals surface area contributed by atoms with Gasteiger partial charge in [0.25, 0.3) is 0 Å². The van der Waals surface area contributed by atoms with Gasteiger partial charge in [-0.15, -0.1) is 0 Å². The summed E-state index contributed by atoms with van der Waals surface area (Å²) in [6.45, 7) is 0.691. The maximum Gasteiger partial charge on any atom is 0.602 e. The summed E-state index contributed by atoms with van der Waals surface area (Å²) in [5.74, 6) is 0. The quantitative estimate of drug-likeness (QED) is 0.507. The highest BCUT2D eigenvalue weighted by Crippen LogP contribution is 1.81. The first-order valence-corrected chi connectivity index (χ1v) is 3.97. The molecule has 0 N–H and O–H groups in total. The van der Waals surface area contributed by atoms with Crippen LogP contribution in [0.5, 0.6) is 0 Å². The molecule has 0 aliphatic rings. The SMILES string of the molecule is COCCOC(=O)[n+]1ccccc1. The molecule has 0 bridgehead atoms. The molecule has 13 heavy (non-hydrogen) atoms. The van der Waals surface area contributed by atoms with Gasteiger partial charge in [-0.2, -0.15) is 4.79 Å². The van der Waals surface area contributed by atoms with Crippen LogP contribution in [-0.2, 0) is 9.47 Å². The molecule has 1 heterocycles. The second-order valence-corrected chi connectivity index (χ2v) is 2.39. The highest BCUT2D eigenvalue weighted by Gasteiger charge is 2.13. The van der Waals surface area contributed by atoms with Crippen molar-refractivity contribution in [1.82, 2.24) is 0 Å². The van der Waals surface area contributed by atoms with Crippen molar-refractivity contribution in [3.05, 3.63) is 30.6 Å². The average Bonchev–Trinajstić information content (AvgIpc) is 2.19. The molecule has 0 aliphatic carbocycles. The van der Waals surface area contributed by atoms with Crippen molar-refractivity contribution in [2.24, 2.45) is 0 Å². The third-order valence-electron chi connectivity index (χ3n) is 1.44. The molecule has 0 atom stereocenters. The first-order chi connectivity index (χ1) is 6.34. The minimum absolute atomic E-state index is 0.275. The van der Waals surface area contributed by atoms with Crippen molar-refractivity contribution in [2.75, 3.05) is 20.3 Å². The third kappa shape index (κ3) is 3.21. The molecule has 0 unspecified atom stereocenters. The highest BCUT2D eigenvalue weighted by molar-refractivity contribution is 5.56. The van der Waals surface area contributed by atoms with Gasteiger partial charge in [-0.1, -0.05) is 10.6 Å². The largest absolute Gasteiger partial charge is 0.602 e. The second-order valence-electron chi connectivity index (χ2n) is 2.39. The Hall–Kier alpha value is -1.42. The lowest BCUT2D eigenvalue weighted by Crippen LogP contribution is -2.42. The minimum Gasteiger partial charge on any atom is -0.409 e. The molecule has 0 saturated heterocycles. The number of nitrogens with zero attached hydrogens (tertiary/aromatic N) is 1. The summed E-state index contributed by atoms with van der Waals surface area (Å²) < 4.78 is 11.0. The number of hydrogen-bond acceptors (Lipinski definition) is 3. The van der Waals surface area contributed by atoms with E-state index in [-0.39, 0.29) is 6.61 Å². The lowest BCUT2D eigenvalue weighted by molar-refractivity contribution is -0.586. The van der Waals surface area contributed by atoms with Crippen molar-refractivity contribution in [2.45, 2.75) is 0 Å². The number of carbonyl (C=O) groups excluding carboxylic acids is 1. The topological polar surface area (TPSA) is 39.4 Å². The fourth-order valence-electron chi connectivity index (χ4n) is 0.807. The summed E-state index contributed by atoms with van der Waals surface area (Å²) in [5, 5.41) is 0. The van der Waals surface area contributed by atoms with Crippen LogP contribution in [0.25, 0.3) is 0 Å². The number of methoxy groups -OCH3 is 1. The molecule has 4 nitrogen and oxygen atoms in total. The van der Waals surface area contributed by atoms with E-state index in [1.165, 1.54) is 4.57 Å². The van der Waals surface area contributed by atoms with E-state index in [9.17, 15) is 4.79 Å². The molecule has 0 saturated carbocycles. The van der Waals surface area contributed by atoms with E-state index >= 15 is 0 Å². The maximum atomic E-state index is 11.2. The van der Waals surface area contributed by atoms with Gasteiger partial charge in [0.05, 0.1) is 6.61 Å². The Bertz CT molecular complexity index is 261. The molecule has 0 radical (unpaired) electrons. The van der Waals surface area contributed by atoms with Crippen LogP contribution in [0.3, 0.4) is 0 Å². The fourth-order valence-corrected chi connectivity index (χ4v) is 0.807. The Morgan fingerprint density at radius 3 is 2.54 bits per heavy atom. The Kier molecular flexibility index (Phi) is 3.92. The Balaban J connectivity index is 2.40. The normalized spacial score (nSPS) is 9.62. The van der Waals surface area contributed by atoms with Crippen molar-refractivity contribution in [1.29, 1.82) is 0 Å². The van der Waals surface area contributed by atoms with Gasteiger partial charge < -0.3 is 9.47 Å². The van der Waals surface area contributed by atoms with Crippen molar-refractivity contribution < 1.29 is 18.8 Å². The smallest absolute Gasteiger partial charge is 0.409 e. The molecule has 1 aromatic rings.